The fourth-order valence-electron chi connectivity index (χ4n) is 2.23. The first kappa shape index (κ1) is 16.2. The predicted octanol–water partition coefficient (Wildman–Crippen LogP) is 1.39. The molecule has 22 heavy (non-hydrogen) atoms. The fourth-order valence-corrected chi connectivity index (χ4v) is 2.23. The average molecular weight is 299 g/mol. The Hall–Kier alpha value is -2.18. The summed E-state index contributed by atoms with van der Waals surface area (Å²) in [5, 5.41) is 22.3. The van der Waals surface area contributed by atoms with Crippen LogP contribution in [-0.4, -0.2) is 35.4 Å². The Bertz CT molecular complexity index is 681. The van der Waals surface area contributed by atoms with E-state index in [-0.39, 0.29) is 24.7 Å². The highest BCUT2D eigenvalue weighted by molar-refractivity contribution is 6.43. The lowest BCUT2D eigenvalue weighted by atomic mass is 9.71. The molecule has 0 bridgehead atoms. The van der Waals surface area contributed by atoms with Gasteiger partial charge in [0.2, 0.25) is 0 Å². The highest BCUT2D eigenvalue weighted by atomic mass is 16.4. The van der Waals surface area contributed by atoms with Gasteiger partial charge in [0, 0.05) is 12.0 Å². The summed E-state index contributed by atoms with van der Waals surface area (Å²) in [6.07, 6.45) is 0.00742. The lowest BCUT2D eigenvalue weighted by Gasteiger charge is -2.10. The number of carbonyl (C=O) groups is 2. The van der Waals surface area contributed by atoms with Crippen LogP contribution in [-0.2, 0) is 4.79 Å². The Morgan fingerprint density at radius 1 is 1.14 bits per heavy atom. The number of carbonyl (C=O) groups excluding carboxylic acids is 2. The van der Waals surface area contributed by atoms with Crippen molar-refractivity contribution in [3.05, 3.63) is 48.0 Å². The van der Waals surface area contributed by atoms with Crippen LogP contribution in [0.4, 0.5) is 0 Å². The second-order valence-corrected chi connectivity index (χ2v) is 5.34. The van der Waals surface area contributed by atoms with Gasteiger partial charge in [-0.25, -0.2) is 0 Å². The molecule has 2 aromatic rings. The Morgan fingerprint density at radius 2 is 1.82 bits per heavy atom. The maximum atomic E-state index is 12.2. The van der Waals surface area contributed by atoms with Crippen molar-refractivity contribution in [2.45, 2.75) is 19.2 Å². The first-order valence-corrected chi connectivity index (χ1v) is 7.13. The zero-order chi connectivity index (χ0) is 16.1. The average Bonchev–Trinajstić information content (AvgIpc) is 2.51. The van der Waals surface area contributed by atoms with E-state index < -0.39 is 12.9 Å². The third-order valence-corrected chi connectivity index (χ3v) is 3.54. The van der Waals surface area contributed by atoms with E-state index in [1.165, 1.54) is 0 Å². The molecule has 0 saturated carbocycles. The molecule has 0 aliphatic rings. The maximum Gasteiger partial charge on any atom is 0.454 e. The Morgan fingerprint density at radius 3 is 2.55 bits per heavy atom. The van der Waals surface area contributed by atoms with E-state index in [1.807, 2.05) is 30.3 Å². The van der Waals surface area contributed by atoms with E-state index in [1.54, 1.807) is 19.1 Å². The molecule has 0 heterocycles. The minimum atomic E-state index is -1.53. The summed E-state index contributed by atoms with van der Waals surface area (Å²) >= 11 is 0. The molecule has 2 rings (SSSR count). The minimum Gasteiger partial charge on any atom is -0.427 e. The highest BCUT2D eigenvalue weighted by Gasteiger charge is 2.21. The molecule has 0 radical (unpaired) electrons. The molecule has 0 aliphatic heterocycles. The molecular formula is C16H18BNO4. The van der Waals surface area contributed by atoms with E-state index in [9.17, 15) is 9.59 Å². The number of hydrogen-bond acceptors (Lipinski definition) is 4. The topological polar surface area (TPSA) is 86.6 Å². The van der Waals surface area contributed by atoms with Gasteiger partial charge >= 0.3 is 7.12 Å². The van der Waals surface area contributed by atoms with E-state index in [0.29, 0.717) is 5.56 Å². The number of amides is 1. The van der Waals surface area contributed by atoms with Gasteiger partial charge in [0.25, 0.3) is 5.91 Å². The summed E-state index contributed by atoms with van der Waals surface area (Å²) in [6.45, 7) is 1.44. The van der Waals surface area contributed by atoms with E-state index in [2.05, 4.69) is 5.32 Å². The summed E-state index contributed by atoms with van der Waals surface area (Å²) in [4.78, 5) is 23.9. The third-order valence-electron chi connectivity index (χ3n) is 3.54. The zero-order valence-electron chi connectivity index (χ0n) is 12.3. The van der Waals surface area contributed by atoms with Crippen LogP contribution in [0.2, 0.25) is 5.82 Å². The van der Waals surface area contributed by atoms with Gasteiger partial charge in [-0.3, -0.25) is 9.59 Å². The SMILES string of the molecule is C[C@H](CC(=O)CNC(=O)c1cccc2ccccc12)B(O)O. The first-order chi connectivity index (χ1) is 10.5. The number of Topliss-reactive ketones (excluding diaryl/α,β-unsaturated/α-hetero) is 1. The summed E-state index contributed by atoms with van der Waals surface area (Å²) in [7, 11) is -1.53. The molecular weight excluding hydrogens is 281 g/mol. The van der Waals surface area contributed by atoms with Crippen LogP contribution in [0, 0.1) is 0 Å². The molecule has 5 nitrogen and oxygen atoms in total. The molecule has 114 valence electrons. The number of hydrogen-bond donors (Lipinski definition) is 3. The summed E-state index contributed by atoms with van der Waals surface area (Å²) in [5.74, 6) is -1.11. The van der Waals surface area contributed by atoms with Crippen LogP contribution in [0.5, 0.6) is 0 Å². The zero-order valence-corrected chi connectivity index (χ0v) is 12.3. The van der Waals surface area contributed by atoms with Gasteiger partial charge in [-0.1, -0.05) is 43.3 Å². The molecule has 2 aromatic carbocycles. The summed E-state index contributed by atoms with van der Waals surface area (Å²) in [6, 6.07) is 13.0. The molecule has 0 aromatic heterocycles. The number of ketones is 1. The molecule has 0 aliphatic carbocycles. The number of benzene rings is 2. The van der Waals surface area contributed by atoms with Crippen LogP contribution in [0.15, 0.2) is 42.5 Å². The van der Waals surface area contributed by atoms with Crippen molar-refractivity contribution in [1.82, 2.24) is 5.32 Å². The molecule has 3 N–H and O–H groups in total. The lowest BCUT2D eigenvalue weighted by molar-refractivity contribution is -0.118. The second-order valence-electron chi connectivity index (χ2n) is 5.34. The minimum absolute atomic E-state index is 0.00742. The van der Waals surface area contributed by atoms with Crippen molar-refractivity contribution >= 4 is 29.6 Å². The number of fused-ring (bicyclic) bond motifs is 1. The Kier molecular flexibility index (Phi) is 5.30. The quantitative estimate of drug-likeness (QED) is 0.704. The molecule has 0 unspecified atom stereocenters. The fraction of sp³-hybridized carbons (Fsp3) is 0.250. The van der Waals surface area contributed by atoms with Crippen molar-refractivity contribution in [2.75, 3.05) is 6.54 Å². The monoisotopic (exact) mass is 299 g/mol. The van der Waals surface area contributed by atoms with E-state index in [0.717, 1.165) is 10.8 Å². The normalized spacial score (nSPS) is 12.0. The van der Waals surface area contributed by atoms with Crippen LogP contribution >= 0.6 is 0 Å². The first-order valence-electron chi connectivity index (χ1n) is 7.13. The van der Waals surface area contributed by atoms with Gasteiger partial charge in [0.15, 0.2) is 5.78 Å². The van der Waals surface area contributed by atoms with Crippen molar-refractivity contribution in [3.8, 4) is 0 Å². The van der Waals surface area contributed by atoms with Gasteiger partial charge < -0.3 is 15.4 Å². The maximum absolute atomic E-state index is 12.2. The predicted molar refractivity (Wildman–Crippen MR) is 85.5 cm³/mol. The largest absolute Gasteiger partial charge is 0.454 e. The smallest absolute Gasteiger partial charge is 0.427 e. The number of rotatable bonds is 6. The van der Waals surface area contributed by atoms with Gasteiger partial charge in [-0.15, -0.1) is 0 Å². The van der Waals surface area contributed by atoms with Gasteiger partial charge in [0.05, 0.1) is 6.54 Å². The van der Waals surface area contributed by atoms with Crippen molar-refractivity contribution in [3.63, 3.8) is 0 Å². The van der Waals surface area contributed by atoms with Crippen LogP contribution < -0.4 is 5.32 Å². The van der Waals surface area contributed by atoms with Crippen LogP contribution in [0.25, 0.3) is 10.8 Å². The third kappa shape index (κ3) is 3.93. The standard InChI is InChI=1S/C16H18BNO4/c1-11(17(21)22)9-13(19)10-18-16(20)15-8-4-6-12-5-2-3-7-14(12)15/h2-8,11,21-22H,9-10H2,1H3,(H,18,20)/t11-/m1/s1. The molecule has 0 saturated heterocycles. The molecule has 0 fully saturated rings. The molecule has 0 spiro atoms. The number of nitrogens with one attached hydrogen (secondary N) is 1. The van der Waals surface area contributed by atoms with Crippen molar-refractivity contribution < 1.29 is 19.6 Å². The van der Waals surface area contributed by atoms with Crippen molar-refractivity contribution in [2.24, 2.45) is 0 Å². The van der Waals surface area contributed by atoms with Gasteiger partial charge in [-0.05, 0) is 22.7 Å². The Balaban J connectivity index is 2.01. The highest BCUT2D eigenvalue weighted by Crippen LogP contribution is 2.18. The van der Waals surface area contributed by atoms with E-state index >= 15 is 0 Å². The molecule has 1 atom stereocenters. The lowest BCUT2D eigenvalue weighted by Crippen LogP contribution is -2.31. The van der Waals surface area contributed by atoms with Gasteiger partial charge in [0.1, 0.15) is 0 Å². The summed E-state index contributed by atoms with van der Waals surface area (Å²) < 4.78 is 0. The van der Waals surface area contributed by atoms with Gasteiger partial charge in [-0.2, -0.15) is 0 Å². The second kappa shape index (κ2) is 7.20. The summed E-state index contributed by atoms with van der Waals surface area (Å²) in [5.41, 5.74) is 0.515. The van der Waals surface area contributed by atoms with Crippen LogP contribution in [0.1, 0.15) is 23.7 Å². The van der Waals surface area contributed by atoms with Crippen molar-refractivity contribution in [1.29, 1.82) is 0 Å². The van der Waals surface area contributed by atoms with Crippen LogP contribution in [0.3, 0.4) is 0 Å². The van der Waals surface area contributed by atoms with E-state index in [4.69, 9.17) is 10.0 Å². The molecule has 6 heteroatoms. The Labute approximate surface area is 129 Å². The molecule has 1 amide bonds.